The lowest BCUT2D eigenvalue weighted by Gasteiger charge is -2.38. The summed E-state index contributed by atoms with van der Waals surface area (Å²) in [5.74, 6) is 0.163. The van der Waals surface area contributed by atoms with E-state index in [4.69, 9.17) is 15.2 Å². The van der Waals surface area contributed by atoms with Crippen LogP contribution < -0.4 is 5.73 Å². The van der Waals surface area contributed by atoms with Crippen molar-refractivity contribution < 1.29 is 18.3 Å². The molecule has 1 aliphatic carbocycles. The SMILES string of the molecule is CO[C@H]1[C@H](N)C[C@H](c2ccncc2Cc2ncc3ccc(-c4c(F)cc(C5CCOCC5)cc4F)nn23)C[C@@H]1C. The number of imidazole rings is 1. The van der Waals surface area contributed by atoms with Crippen LogP contribution in [0.1, 0.15) is 67.0 Å². The Labute approximate surface area is 232 Å². The first kappa shape index (κ1) is 26.9. The molecule has 0 amide bonds. The van der Waals surface area contributed by atoms with Gasteiger partial charge in [0.25, 0.3) is 0 Å². The lowest BCUT2D eigenvalue weighted by molar-refractivity contribution is 0.00970. The average Bonchev–Trinajstić information content (AvgIpc) is 3.35. The van der Waals surface area contributed by atoms with Gasteiger partial charge in [-0.2, -0.15) is 5.10 Å². The topological polar surface area (TPSA) is 87.6 Å². The molecular weight excluding hydrogens is 512 g/mol. The second kappa shape index (κ2) is 11.3. The summed E-state index contributed by atoms with van der Waals surface area (Å²) >= 11 is 0. The fourth-order valence-electron chi connectivity index (χ4n) is 6.67. The minimum atomic E-state index is -0.610. The largest absolute Gasteiger partial charge is 0.381 e. The van der Waals surface area contributed by atoms with Crippen molar-refractivity contribution in [1.82, 2.24) is 19.6 Å². The molecular formula is C31H35F2N5O2. The molecule has 0 radical (unpaired) electrons. The molecule has 4 heterocycles. The van der Waals surface area contributed by atoms with E-state index in [0.29, 0.717) is 36.9 Å². The van der Waals surface area contributed by atoms with Crippen molar-refractivity contribution in [3.63, 3.8) is 0 Å². The summed E-state index contributed by atoms with van der Waals surface area (Å²) in [6.07, 6.45) is 9.25. The van der Waals surface area contributed by atoms with Crippen LogP contribution in [0.15, 0.2) is 48.9 Å². The minimum absolute atomic E-state index is 0.0427. The van der Waals surface area contributed by atoms with Crippen molar-refractivity contribution in [2.45, 2.75) is 63.0 Å². The highest BCUT2D eigenvalue weighted by Gasteiger charge is 2.35. The standard InChI is InChI=1S/C31H35F2N5O2/c1-18-11-21(14-27(34)31(18)39-2)24-5-8-35-16-22(24)15-29-36-17-23-3-4-28(37-38(23)29)30-25(32)12-20(13-26(30)33)19-6-9-40-10-7-19/h3-5,8,12-13,16-19,21,27,31H,6-7,9-11,14-15,34H2,1-2H3/t18-,21+,27+,31+/m0/s1. The van der Waals surface area contributed by atoms with Gasteiger partial charge in [-0.25, -0.2) is 18.3 Å². The van der Waals surface area contributed by atoms with Crippen LogP contribution in [-0.4, -0.2) is 52.1 Å². The average molecular weight is 548 g/mol. The molecule has 4 atom stereocenters. The summed E-state index contributed by atoms with van der Waals surface area (Å²) in [5.41, 5.74) is 10.2. The molecule has 2 N–H and O–H groups in total. The molecule has 2 aliphatic rings. The van der Waals surface area contributed by atoms with Gasteiger partial charge in [0.1, 0.15) is 17.5 Å². The van der Waals surface area contributed by atoms with E-state index in [9.17, 15) is 0 Å². The molecule has 4 aromatic rings. The summed E-state index contributed by atoms with van der Waals surface area (Å²) in [4.78, 5) is 9.00. The van der Waals surface area contributed by atoms with Crippen LogP contribution in [0, 0.1) is 17.6 Å². The molecule has 0 unspecified atom stereocenters. The Morgan fingerprint density at radius 1 is 1.05 bits per heavy atom. The smallest absolute Gasteiger partial charge is 0.135 e. The van der Waals surface area contributed by atoms with Gasteiger partial charge in [-0.05, 0) is 90.5 Å². The van der Waals surface area contributed by atoms with E-state index < -0.39 is 11.6 Å². The quantitative estimate of drug-likeness (QED) is 0.347. The Hall–Kier alpha value is -3.27. The third-order valence-corrected chi connectivity index (χ3v) is 8.67. The first-order valence-corrected chi connectivity index (χ1v) is 14.0. The Bertz CT molecular complexity index is 1470. The second-order valence-corrected chi connectivity index (χ2v) is 11.2. The normalized spacial score (nSPS) is 24.0. The highest BCUT2D eigenvalue weighted by atomic mass is 19.1. The van der Waals surface area contributed by atoms with Crippen molar-refractivity contribution in [2.75, 3.05) is 20.3 Å². The van der Waals surface area contributed by atoms with E-state index in [1.807, 2.05) is 12.4 Å². The number of hydrogen-bond donors (Lipinski definition) is 1. The predicted octanol–water partition coefficient (Wildman–Crippen LogP) is 5.41. The lowest BCUT2D eigenvalue weighted by Crippen LogP contribution is -2.45. The molecule has 0 spiro atoms. The van der Waals surface area contributed by atoms with Crippen molar-refractivity contribution in [3.8, 4) is 11.3 Å². The number of hydrogen-bond acceptors (Lipinski definition) is 6. The van der Waals surface area contributed by atoms with Gasteiger partial charge in [0.05, 0.1) is 29.1 Å². The fraction of sp³-hybridized carbons (Fsp3) is 0.452. The van der Waals surface area contributed by atoms with Gasteiger partial charge in [-0.1, -0.05) is 6.92 Å². The molecule has 0 bridgehead atoms. The van der Waals surface area contributed by atoms with E-state index in [1.165, 1.54) is 17.7 Å². The summed E-state index contributed by atoms with van der Waals surface area (Å²) < 4.78 is 43.4. The number of aromatic nitrogens is 4. The molecule has 1 saturated heterocycles. The van der Waals surface area contributed by atoms with Crippen LogP contribution in [0.2, 0.25) is 0 Å². The predicted molar refractivity (Wildman–Crippen MR) is 148 cm³/mol. The third-order valence-electron chi connectivity index (χ3n) is 8.67. The summed E-state index contributed by atoms with van der Waals surface area (Å²) in [5, 5.41) is 4.65. The van der Waals surface area contributed by atoms with E-state index in [-0.39, 0.29) is 35.2 Å². The maximum Gasteiger partial charge on any atom is 0.135 e. The molecule has 2 fully saturated rings. The van der Waals surface area contributed by atoms with Crippen LogP contribution in [0.3, 0.4) is 0 Å². The monoisotopic (exact) mass is 547 g/mol. The Morgan fingerprint density at radius 3 is 2.55 bits per heavy atom. The van der Waals surface area contributed by atoms with E-state index in [1.54, 1.807) is 30.0 Å². The number of methoxy groups -OCH3 is 1. The minimum Gasteiger partial charge on any atom is -0.381 e. The number of nitrogens with two attached hydrogens (primary N) is 1. The summed E-state index contributed by atoms with van der Waals surface area (Å²) in [6.45, 7) is 3.40. The van der Waals surface area contributed by atoms with Gasteiger partial charge in [-0.15, -0.1) is 0 Å². The van der Waals surface area contributed by atoms with Gasteiger partial charge < -0.3 is 15.2 Å². The molecule has 1 aromatic carbocycles. The number of rotatable bonds is 6. The maximum absolute atomic E-state index is 15.3. The van der Waals surface area contributed by atoms with Crippen molar-refractivity contribution >= 4 is 5.52 Å². The van der Waals surface area contributed by atoms with Crippen LogP contribution in [0.25, 0.3) is 16.8 Å². The summed E-state index contributed by atoms with van der Waals surface area (Å²) in [6, 6.07) is 8.34. The van der Waals surface area contributed by atoms with E-state index in [0.717, 1.165) is 36.8 Å². The number of fused-ring (bicyclic) bond motifs is 1. The van der Waals surface area contributed by atoms with Gasteiger partial charge in [0, 0.05) is 45.2 Å². The van der Waals surface area contributed by atoms with Crippen molar-refractivity contribution in [1.29, 1.82) is 0 Å². The molecule has 6 rings (SSSR count). The van der Waals surface area contributed by atoms with Crippen LogP contribution >= 0.6 is 0 Å². The number of pyridine rings is 1. The van der Waals surface area contributed by atoms with Crippen molar-refractivity contribution in [2.24, 2.45) is 11.7 Å². The zero-order valence-electron chi connectivity index (χ0n) is 22.9. The van der Waals surface area contributed by atoms with Crippen LogP contribution in [0.4, 0.5) is 8.78 Å². The molecule has 40 heavy (non-hydrogen) atoms. The van der Waals surface area contributed by atoms with Gasteiger partial charge in [-0.3, -0.25) is 4.98 Å². The number of benzene rings is 1. The van der Waals surface area contributed by atoms with Gasteiger partial charge in [0.15, 0.2) is 0 Å². The highest BCUT2D eigenvalue weighted by molar-refractivity contribution is 5.63. The van der Waals surface area contributed by atoms with Crippen LogP contribution in [0.5, 0.6) is 0 Å². The van der Waals surface area contributed by atoms with E-state index in [2.05, 4.69) is 28.1 Å². The molecule has 210 valence electrons. The Balaban J connectivity index is 1.30. The Kier molecular flexibility index (Phi) is 7.61. The number of ether oxygens (including phenoxy) is 2. The van der Waals surface area contributed by atoms with E-state index >= 15 is 8.78 Å². The first-order valence-electron chi connectivity index (χ1n) is 14.0. The zero-order valence-corrected chi connectivity index (χ0v) is 22.9. The highest BCUT2D eigenvalue weighted by Crippen LogP contribution is 2.38. The summed E-state index contributed by atoms with van der Waals surface area (Å²) in [7, 11) is 1.72. The molecule has 1 saturated carbocycles. The third kappa shape index (κ3) is 5.13. The Morgan fingerprint density at radius 2 is 1.82 bits per heavy atom. The van der Waals surface area contributed by atoms with Crippen molar-refractivity contribution in [3.05, 3.63) is 83.1 Å². The molecule has 3 aromatic heterocycles. The number of halogens is 2. The zero-order chi connectivity index (χ0) is 27.8. The lowest BCUT2D eigenvalue weighted by atomic mass is 9.74. The maximum atomic E-state index is 15.3. The fourth-order valence-corrected chi connectivity index (χ4v) is 6.67. The second-order valence-electron chi connectivity index (χ2n) is 11.2. The van der Waals surface area contributed by atoms with Gasteiger partial charge >= 0.3 is 0 Å². The number of nitrogens with zero attached hydrogens (tertiary/aromatic N) is 4. The molecule has 1 aliphatic heterocycles. The van der Waals surface area contributed by atoms with Gasteiger partial charge in [0.2, 0.25) is 0 Å². The first-order chi connectivity index (χ1) is 19.4. The van der Waals surface area contributed by atoms with Crippen LogP contribution in [-0.2, 0) is 15.9 Å². The molecule has 7 nitrogen and oxygen atoms in total. The molecule has 9 heteroatoms.